The molecule has 0 radical (unpaired) electrons. The van der Waals surface area contributed by atoms with Crippen LogP contribution < -0.4 is 5.73 Å². The highest BCUT2D eigenvalue weighted by Crippen LogP contribution is 2.27. The monoisotopic (exact) mass is 181 g/mol. The fourth-order valence-electron chi connectivity index (χ4n) is 1.13. The Labute approximate surface area is 74.6 Å². The molecule has 0 bridgehead atoms. The summed E-state index contributed by atoms with van der Waals surface area (Å²) in [4.78, 5) is 0. The van der Waals surface area contributed by atoms with Crippen LogP contribution in [0.5, 0.6) is 0 Å². The molecule has 2 rings (SSSR count). The van der Waals surface area contributed by atoms with Gasteiger partial charge in [-0.15, -0.1) is 0 Å². The zero-order valence-electron chi connectivity index (χ0n) is 6.74. The summed E-state index contributed by atoms with van der Waals surface area (Å²) in [5.74, 6) is -0.386. The van der Waals surface area contributed by atoms with Crippen LogP contribution >= 0.6 is 0 Å². The number of ether oxygens (including phenoxy) is 2. The van der Waals surface area contributed by atoms with Gasteiger partial charge < -0.3 is 15.2 Å². The SMILES string of the molecule is Nc1ccc(F)c(C2OC=CO2)c1. The van der Waals surface area contributed by atoms with Crippen LogP contribution in [0.25, 0.3) is 0 Å². The smallest absolute Gasteiger partial charge is 0.269 e. The predicted octanol–water partition coefficient (Wildman–Crippen LogP) is 1.92. The molecule has 0 amide bonds. The van der Waals surface area contributed by atoms with Gasteiger partial charge in [0, 0.05) is 5.69 Å². The molecule has 3 nitrogen and oxygen atoms in total. The van der Waals surface area contributed by atoms with Crippen LogP contribution in [0.2, 0.25) is 0 Å². The molecule has 0 atom stereocenters. The van der Waals surface area contributed by atoms with E-state index in [1.54, 1.807) is 0 Å². The molecule has 0 aliphatic carbocycles. The van der Waals surface area contributed by atoms with Crippen molar-refractivity contribution in [1.82, 2.24) is 0 Å². The second kappa shape index (κ2) is 2.97. The van der Waals surface area contributed by atoms with E-state index in [9.17, 15) is 4.39 Å². The van der Waals surface area contributed by atoms with Crippen LogP contribution in [0, 0.1) is 5.82 Å². The lowest BCUT2D eigenvalue weighted by molar-refractivity contribution is -0.0270. The third-order valence-electron chi connectivity index (χ3n) is 1.73. The van der Waals surface area contributed by atoms with Gasteiger partial charge in [-0.05, 0) is 18.2 Å². The van der Waals surface area contributed by atoms with E-state index in [1.165, 1.54) is 30.7 Å². The first kappa shape index (κ1) is 7.91. The molecule has 1 heterocycles. The number of benzene rings is 1. The molecular formula is C9H8FNO2. The van der Waals surface area contributed by atoms with Crippen LogP contribution in [0.1, 0.15) is 11.9 Å². The first-order valence-corrected chi connectivity index (χ1v) is 3.78. The van der Waals surface area contributed by atoms with Gasteiger partial charge in [0.1, 0.15) is 18.3 Å². The fourth-order valence-corrected chi connectivity index (χ4v) is 1.13. The summed E-state index contributed by atoms with van der Waals surface area (Å²) < 4.78 is 23.1. The first-order valence-electron chi connectivity index (χ1n) is 3.78. The molecule has 0 spiro atoms. The zero-order chi connectivity index (χ0) is 9.26. The number of hydrogen-bond acceptors (Lipinski definition) is 3. The van der Waals surface area contributed by atoms with Crippen LogP contribution in [-0.2, 0) is 9.47 Å². The van der Waals surface area contributed by atoms with Gasteiger partial charge in [-0.25, -0.2) is 4.39 Å². The molecule has 1 aromatic rings. The number of nitrogen functional groups attached to an aromatic ring is 1. The summed E-state index contributed by atoms with van der Waals surface area (Å²) in [6, 6.07) is 4.27. The first-order chi connectivity index (χ1) is 6.27. The van der Waals surface area contributed by atoms with E-state index in [0.717, 1.165) is 0 Å². The molecule has 1 aliphatic heterocycles. The van der Waals surface area contributed by atoms with Crippen molar-refractivity contribution in [2.24, 2.45) is 0 Å². The lowest BCUT2D eigenvalue weighted by Crippen LogP contribution is -2.02. The fraction of sp³-hybridized carbons (Fsp3) is 0.111. The Morgan fingerprint density at radius 1 is 1.23 bits per heavy atom. The summed E-state index contributed by atoms with van der Waals surface area (Å²) in [5, 5.41) is 0. The van der Waals surface area contributed by atoms with Gasteiger partial charge in [0.2, 0.25) is 0 Å². The van der Waals surface area contributed by atoms with Gasteiger partial charge >= 0.3 is 0 Å². The standard InChI is InChI=1S/C9H8FNO2/c10-8-2-1-6(11)5-7(8)9-12-3-4-13-9/h1-5,9H,11H2. The Bertz CT molecular complexity index is 343. The van der Waals surface area contributed by atoms with Crippen LogP contribution in [0.15, 0.2) is 30.7 Å². The zero-order valence-corrected chi connectivity index (χ0v) is 6.74. The molecule has 1 aromatic carbocycles. The third-order valence-corrected chi connectivity index (χ3v) is 1.73. The summed E-state index contributed by atoms with van der Waals surface area (Å²) in [5.41, 5.74) is 6.29. The second-order valence-electron chi connectivity index (χ2n) is 2.66. The van der Waals surface area contributed by atoms with Gasteiger partial charge in [-0.1, -0.05) is 0 Å². The largest absolute Gasteiger partial charge is 0.455 e. The summed E-state index contributed by atoms with van der Waals surface area (Å²) in [6.07, 6.45) is 2.03. The molecule has 0 fully saturated rings. The maximum Gasteiger partial charge on any atom is 0.269 e. The Hall–Kier alpha value is -1.71. The quantitative estimate of drug-likeness (QED) is 0.673. The van der Waals surface area contributed by atoms with Crippen molar-refractivity contribution in [1.29, 1.82) is 0 Å². The summed E-state index contributed by atoms with van der Waals surface area (Å²) >= 11 is 0. The minimum absolute atomic E-state index is 0.310. The number of hydrogen-bond donors (Lipinski definition) is 1. The number of anilines is 1. The topological polar surface area (TPSA) is 44.5 Å². The van der Waals surface area contributed by atoms with E-state index in [2.05, 4.69) is 0 Å². The van der Waals surface area contributed by atoms with E-state index >= 15 is 0 Å². The molecular weight excluding hydrogens is 173 g/mol. The highest BCUT2D eigenvalue weighted by Gasteiger charge is 2.19. The maximum absolute atomic E-state index is 13.2. The van der Waals surface area contributed by atoms with Crippen LogP contribution in [0.3, 0.4) is 0 Å². The average Bonchev–Trinajstić information content (AvgIpc) is 2.61. The van der Waals surface area contributed by atoms with E-state index in [-0.39, 0.29) is 5.82 Å². The Kier molecular flexibility index (Phi) is 1.81. The predicted molar refractivity (Wildman–Crippen MR) is 44.9 cm³/mol. The molecule has 68 valence electrons. The van der Waals surface area contributed by atoms with Gasteiger partial charge in [0.15, 0.2) is 0 Å². The van der Waals surface area contributed by atoms with Gasteiger partial charge in [0.25, 0.3) is 6.29 Å². The Morgan fingerprint density at radius 3 is 2.62 bits per heavy atom. The van der Waals surface area contributed by atoms with E-state index in [0.29, 0.717) is 11.3 Å². The van der Waals surface area contributed by atoms with Gasteiger partial charge in [0.05, 0.1) is 5.56 Å². The van der Waals surface area contributed by atoms with Gasteiger partial charge in [-0.2, -0.15) is 0 Å². The van der Waals surface area contributed by atoms with Crippen molar-refractivity contribution in [3.05, 3.63) is 42.1 Å². The lowest BCUT2D eigenvalue weighted by Gasteiger charge is -2.11. The van der Waals surface area contributed by atoms with E-state index in [4.69, 9.17) is 15.2 Å². The Balaban J connectivity index is 2.33. The van der Waals surface area contributed by atoms with Crippen molar-refractivity contribution in [3.63, 3.8) is 0 Å². The van der Waals surface area contributed by atoms with Crippen molar-refractivity contribution < 1.29 is 13.9 Å². The Morgan fingerprint density at radius 2 is 1.92 bits per heavy atom. The number of halogens is 1. The highest BCUT2D eigenvalue weighted by atomic mass is 19.1. The van der Waals surface area contributed by atoms with Crippen molar-refractivity contribution in [2.75, 3.05) is 5.73 Å². The summed E-state index contributed by atoms with van der Waals surface area (Å²) in [6.45, 7) is 0. The molecule has 0 aromatic heterocycles. The lowest BCUT2D eigenvalue weighted by atomic mass is 10.2. The normalized spacial score (nSPS) is 15.5. The van der Waals surface area contributed by atoms with Crippen molar-refractivity contribution in [3.8, 4) is 0 Å². The van der Waals surface area contributed by atoms with Crippen molar-refractivity contribution in [2.45, 2.75) is 6.29 Å². The molecule has 0 saturated heterocycles. The maximum atomic E-state index is 13.2. The molecule has 0 unspecified atom stereocenters. The molecule has 2 N–H and O–H groups in total. The highest BCUT2D eigenvalue weighted by molar-refractivity contribution is 5.42. The average molecular weight is 181 g/mol. The molecule has 0 saturated carbocycles. The second-order valence-corrected chi connectivity index (χ2v) is 2.66. The third kappa shape index (κ3) is 1.42. The van der Waals surface area contributed by atoms with Gasteiger partial charge in [-0.3, -0.25) is 0 Å². The molecule has 4 heteroatoms. The van der Waals surface area contributed by atoms with Crippen molar-refractivity contribution >= 4 is 5.69 Å². The van der Waals surface area contributed by atoms with E-state index in [1.807, 2.05) is 0 Å². The number of nitrogens with two attached hydrogens (primary N) is 1. The van der Waals surface area contributed by atoms with Crippen LogP contribution in [0.4, 0.5) is 10.1 Å². The number of rotatable bonds is 1. The molecule has 1 aliphatic rings. The summed E-state index contributed by atoms with van der Waals surface area (Å²) in [7, 11) is 0. The molecule has 13 heavy (non-hydrogen) atoms. The minimum atomic E-state index is -0.705. The van der Waals surface area contributed by atoms with E-state index < -0.39 is 6.29 Å². The van der Waals surface area contributed by atoms with Crippen LogP contribution in [-0.4, -0.2) is 0 Å². The minimum Gasteiger partial charge on any atom is -0.455 e.